The van der Waals surface area contributed by atoms with Crippen LogP contribution in [0, 0.1) is 5.82 Å². The first-order valence-corrected chi connectivity index (χ1v) is 6.30. The van der Waals surface area contributed by atoms with E-state index in [1.165, 1.54) is 30.3 Å². The third-order valence-corrected chi connectivity index (χ3v) is 3.20. The van der Waals surface area contributed by atoms with Crippen molar-refractivity contribution in [2.45, 2.75) is 0 Å². The number of anilines is 3. The molecule has 0 aliphatic carbocycles. The number of para-hydroxylation sites is 1. The quantitative estimate of drug-likeness (QED) is 0.721. The van der Waals surface area contributed by atoms with Crippen LogP contribution in [0.2, 0.25) is 10.0 Å². The molecule has 0 aromatic heterocycles. The molecule has 4 N–H and O–H groups in total. The topological polar surface area (TPSA) is 67.1 Å². The second-order valence-corrected chi connectivity index (χ2v) is 4.73. The van der Waals surface area contributed by atoms with Gasteiger partial charge in [0.05, 0.1) is 15.7 Å². The van der Waals surface area contributed by atoms with Gasteiger partial charge >= 0.3 is 6.03 Å². The van der Waals surface area contributed by atoms with Gasteiger partial charge in [-0.05, 0) is 30.3 Å². The first-order valence-electron chi connectivity index (χ1n) is 5.54. The molecule has 104 valence electrons. The van der Waals surface area contributed by atoms with Crippen LogP contribution in [0.3, 0.4) is 0 Å². The Balaban J connectivity index is 2.11. The Hall–Kier alpha value is -1.98. The zero-order valence-corrected chi connectivity index (χ0v) is 11.6. The standard InChI is InChI=1S/C13H10Cl2FN3O/c14-8-5-4-7(6-9(8)15)18-13(20)19-12-10(16)2-1-3-11(12)17/h1-6H,17H2,(H2,18,19,20). The Morgan fingerprint density at radius 3 is 2.50 bits per heavy atom. The number of hydrogen-bond donors (Lipinski definition) is 3. The highest BCUT2D eigenvalue weighted by Crippen LogP contribution is 2.26. The molecular weight excluding hydrogens is 304 g/mol. The summed E-state index contributed by atoms with van der Waals surface area (Å²) in [6, 6.07) is 8.08. The summed E-state index contributed by atoms with van der Waals surface area (Å²) in [5.41, 5.74) is 6.06. The largest absolute Gasteiger partial charge is 0.397 e. The summed E-state index contributed by atoms with van der Waals surface area (Å²) in [6.07, 6.45) is 0. The highest BCUT2D eigenvalue weighted by atomic mass is 35.5. The highest BCUT2D eigenvalue weighted by Gasteiger charge is 2.10. The molecule has 2 aromatic carbocycles. The van der Waals surface area contributed by atoms with E-state index in [-0.39, 0.29) is 11.4 Å². The Kier molecular flexibility index (Phi) is 4.32. The number of rotatable bonds is 2. The summed E-state index contributed by atoms with van der Waals surface area (Å²) in [4.78, 5) is 11.8. The summed E-state index contributed by atoms with van der Waals surface area (Å²) in [5, 5.41) is 5.50. The maximum Gasteiger partial charge on any atom is 0.323 e. The number of hydrogen-bond acceptors (Lipinski definition) is 2. The number of carbonyl (C=O) groups excluding carboxylic acids is 1. The van der Waals surface area contributed by atoms with Crippen molar-refractivity contribution in [2.75, 3.05) is 16.4 Å². The summed E-state index contributed by atoms with van der Waals surface area (Å²) >= 11 is 11.6. The highest BCUT2D eigenvalue weighted by molar-refractivity contribution is 6.42. The molecule has 0 radical (unpaired) electrons. The fourth-order valence-electron chi connectivity index (χ4n) is 1.52. The predicted molar refractivity (Wildman–Crippen MR) is 79.9 cm³/mol. The van der Waals surface area contributed by atoms with Gasteiger partial charge in [-0.25, -0.2) is 9.18 Å². The van der Waals surface area contributed by atoms with Crippen molar-refractivity contribution < 1.29 is 9.18 Å². The van der Waals surface area contributed by atoms with Gasteiger partial charge in [-0.2, -0.15) is 0 Å². The number of halogens is 3. The number of carbonyl (C=O) groups is 1. The van der Waals surface area contributed by atoms with Crippen LogP contribution in [0.5, 0.6) is 0 Å². The molecule has 2 aromatic rings. The van der Waals surface area contributed by atoms with Crippen molar-refractivity contribution in [1.29, 1.82) is 0 Å². The Morgan fingerprint density at radius 2 is 1.85 bits per heavy atom. The Morgan fingerprint density at radius 1 is 1.10 bits per heavy atom. The minimum Gasteiger partial charge on any atom is -0.397 e. The van der Waals surface area contributed by atoms with Gasteiger partial charge in [0.1, 0.15) is 11.5 Å². The van der Waals surface area contributed by atoms with E-state index in [0.29, 0.717) is 15.7 Å². The monoisotopic (exact) mass is 313 g/mol. The van der Waals surface area contributed by atoms with Crippen LogP contribution >= 0.6 is 23.2 Å². The van der Waals surface area contributed by atoms with E-state index in [1.54, 1.807) is 6.07 Å². The lowest BCUT2D eigenvalue weighted by molar-refractivity contribution is 0.262. The summed E-state index contributed by atoms with van der Waals surface area (Å²) < 4.78 is 13.5. The lowest BCUT2D eigenvalue weighted by atomic mass is 10.2. The zero-order chi connectivity index (χ0) is 14.7. The average molecular weight is 314 g/mol. The van der Waals surface area contributed by atoms with Gasteiger partial charge < -0.3 is 16.4 Å². The SMILES string of the molecule is Nc1cccc(F)c1NC(=O)Nc1ccc(Cl)c(Cl)c1. The molecule has 0 atom stereocenters. The van der Waals surface area contributed by atoms with Gasteiger partial charge in [0.25, 0.3) is 0 Å². The van der Waals surface area contributed by atoms with Crippen LogP contribution in [0.15, 0.2) is 36.4 Å². The predicted octanol–water partition coefficient (Wildman–Crippen LogP) is 4.36. The lowest BCUT2D eigenvalue weighted by Crippen LogP contribution is -2.20. The number of amides is 2. The van der Waals surface area contributed by atoms with Crippen molar-refractivity contribution in [1.82, 2.24) is 0 Å². The second kappa shape index (κ2) is 5.98. The molecule has 0 saturated heterocycles. The van der Waals surface area contributed by atoms with Crippen LogP contribution in [0.4, 0.5) is 26.2 Å². The van der Waals surface area contributed by atoms with Gasteiger partial charge in [-0.1, -0.05) is 29.3 Å². The van der Waals surface area contributed by atoms with Crippen LogP contribution < -0.4 is 16.4 Å². The number of nitrogens with two attached hydrogens (primary N) is 1. The molecule has 0 unspecified atom stereocenters. The number of nitrogen functional groups attached to an aromatic ring is 1. The molecule has 0 aliphatic heterocycles. The van der Waals surface area contributed by atoms with Crippen LogP contribution in [-0.2, 0) is 0 Å². The lowest BCUT2D eigenvalue weighted by Gasteiger charge is -2.10. The molecule has 2 rings (SSSR count). The fraction of sp³-hybridized carbons (Fsp3) is 0. The molecule has 20 heavy (non-hydrogen) atoms. The molecule has 0 heterocycles. The van der Waals surface area contributed by atoms with E-state index in [9.17, 15) is 9.18 Å². The zero-order valence-electron chi connectivity index (χ0n) is 10.1. The molecule has 0 saturated carbocycles. The Labute approximate surface area is 124 Å². The summed E-state index contributed by atoms with van der Waals surface area (Å²) in [6.45, 7) is 0. The first-order chi connectivity index (χ1) is 9.47. The third kappa shape index (κ3) is 3.31. The maximum atomic E-state index is 13.5. The van der Waals surface area contributed by atoms with E-state index in [2.05, 4.69) is 10.6 Å². The van der Waals surface area contributed by atoms with Gasteiger partial charge in [0, 0.05) is 5.69 Å². The van der Waals surface area contributed by atoms with Gasteiger partial charge in [-0.3, -0.25) is 0 Å². The number of benzene rings is 2. The average Bonchev–Trinajstić information content (AvgIpc) is 2.38. The van der Waals surface area contributed by atoms with Gasteiger partial charge in [0.15, 0.2) is 0 Å². The van der Waals surface area contributed by atoms with Crippen molar-refractivity contribution in [2.24, 2.45) is 0 Å². The fourth-order valence-corrected chi connectivity index (χ4v) is 1.82. The molecule has 0 fully saturated rings. The maximum absolute atomic E-state index is 13.5. The molecular formula is C13H10Cl2FN3O. The molecule has 0 aliphatic rings. The second-order valence-electron chi connectivity index (χ2n) is 3.91. The van der Waals surface area contributed by atoms with Crippen LogP contribution in [-0.4, -0.2) is 6.03 Å². The number of urea groups is 1. The Bertz CT molecular complexity index is 644. The van der Waals surface area contributed by atoms with Gasteiger partial charge in [-0.15, -0.1) is 0 Å². The van der Waals surface area contributed by atoms with Crippen molar-refractivity contribution in [3.63, 3.8) is 0 Å². The van der Waals surface area contributed by atoms with Crippen molar-refractivity contribution in [3.8, 4) is 0 Å². The van der Waals surface area contributed by atoms with E-state index in [1.807, 2.05) is 0 Å². The third-order valence-electron chi connectivity index (χ3n) is 2.46. The smallest absolute Gasteiger partial charge is 0.323 e. The molecule has 7 heteroatoms. The summed E-state index contributed by atoms with van der Waals surface area (Å²) in [5.74, 6) is -0.616. The van der Waals surface area contributed by atoms with Crippen molar-refractivity contribution >= 4 is 46.3 Å². The summed E-state index contributed by atoms with van der Waals surface area (Å²) in [7, 11) is 0. The van der Waals surface area contributed by atoms with Crippen LogP contribution in [0.25, 0.3) is 0 Å². The van der Waals surface area contributed by atoms with Gasteiger partial charge in [0.2, 0.25) is 0 Å². The minimum absolute atomic E-state index is 0.0786. The molecule has 0 bridgehead atoms. The number of nitrogens with one attached hydrogen (secondary N) is 2. The molecule has 4 nitrogen and oxygen atoms in total. The van der Waals surface area contributed by atoms with E-state index in [0.717, 1.165) is 0 Å². The molecule has 0 spiro atoms. The van der Waals surface area contributed by atoms with E-state index >= 15 is 0 Å². The van der Waals surface area contributed by atoms with E-state index in [4.69, 9.17) is 28.9 Å². The van der Waals surface area contributed by atoms with Crippen LogP contribution in [0.1, 0.15) is 0 Å². The normalized spacial score (nSPS) is 10.2. The molecule has 2 amide bonds. The van der Waals surface area contributed by atoms with E-state index < -0.39 is 11.8 Å². The first kappa shape index (κ1) is 14.4. The minimum atomic E-state index is -0.639. The van der Waals surface area contributed by atoms with Crippen molar-refractivity contribution in [3.05, 3.63) is 52.3 Å².